The number of pyridine rings is 1. The van der Waals surface area contributed by atoms with E-state index >= 15 is 0 Å². The minimum absolute atomic E-state index is 0.0787. The molecular weight excluding hydrogens is 555 g/mol. The van der Waals surface area contributed by atoms with Crippen LogP contribution in [0, 0.1) is 11.3 Å². The molecule has 6 rings (SSSR count). The zero-order chi connectivity index (χ0) is 29.6. The molecule has 1 aliphatic rings. The molecule has 0 radical (unpaired) electrons. The van der Waals surface area contributed by atoms with Crippen molar-refractivity contribution in [2.75, 3.05) is 20.1 Å². The van der Waals surface area contributed by atoms with Gasteiger partial charge in [-0.15, -0.1) is 0 Å². The second-order valence-corrected chi connectivity index (χ2v) is 12.0. The molecule has 2 aromatic heterocycles. The van der Waals surface area contributed by atoms with E-state index in [0.717, 1.165) is 72.0 Å². The molecule has 1 aliphatic heterocycles. The Morgan fingerprint density at radius 2 is 1.88 bits per heavy atom. The number of likely N-dealkylation sites (tertiary alicyclic amines) is 1. The summed E-state index contributed by atoms with van der Waals surface area (Å²) in [5.41, 5.74) is 5.12. The van der Waals surface area contributed by atoms with Crippen molar-refractivity contribution in [2.24, 2.45) is 0 Å². The van der Waals surface area contributed by atoms with Gasteiger partial charge in [-0.05, 0) is 98.9 Å². The molecule has 1 fully saturated rings. The first-order valence-corrected chi connectivity index (χ1v) is 15.5. The highest BCUT2D eigenvalue weighted by molar-refractivity contribution is 7.81. The Bertz CT molecular complexity index is 2050. The summed E-state index contributed by atoms with van der Waals surface area (Å²) in [7, 11) is -3.08. The fourth-order valence-corrected chi connectivity index (χ4v) is 6.57. The molecule has 0 amide bonds. The van der Waals surface area contributed by atoms with Gasteiger partial charge in [-0.25, -0.2) is 0 Å². The number of nitriles is 1. The second kappa shape index (κ2) is 10.9. The normalized spacial score (nSPS) is 15.0. The Kier molecular flexibility index (Phi) is 7.25. The first-order chi connectivity index (χ1) is 20.2. The van der Waals surface area contributed by atoms with Crippen molar-refractivity contribution in [1.82, 2.24) is 14.5 Å². The molecule has 0 aliphatic carbocycles. The van der Waals surface area contributed by atoms with Crippen LogP contribution in [0.2, 0.25) is 0 Å². The summed E-state index contributed by atoms with van der Waals surface area (Å²) >= 11 is 0. The van der Waals surface area contributed by atoms with Gasteiger partial charge >= 0.3 is 10.5 Å². The molecule has 3 heterocycles. The average molecular weight is 587 g/mol. The Balaban J connectivity index is 1.68. The van der Waals surface area contributed by atoms with Gasteiger partial charge in [-0.1, -0.05) is 35.4 Å². The lowest BCUT2D eigenvalue weighted by Crippen LogP contribution is -2.32. The predicted octanol–water partition coefficient (Wildman–Crippen LogP) is 6.38. The molecule has 5 aromatic rings. The van der Waals surface area contributed by atoms with E-state index in [4.69, 9.17) is 0 Å². The molecule has 1 saturated heterocycles. The highest BCUT2D eigenvalue weighted by atomic mass is 32.3. The molecule has 10 heteroatoms. The predicted molar refractivity (Wildman–Crippen MR) is 163 cm³/mol. The van der Waals surface area contributed by atoms with Crippen LogP contribution in [0.15, 0.2) is 59.4 Å². The van der Waals surface area contributed by atoms with Crippen molar-refractivity contribution in [1.29, 1.82) is 5.26 Å². The number of aryl methyl sites for hydroxylation is 1. The van der Waals surface area contributed by atoms with Crippen LogP contribution in [0.5, 0.6) is 5.75 Å². The number of hydrogen-bond donors (Lipinski definition) is 1. The summed E-state index contributed by atoms with van der Waals surface area (Å²) in [6.07, 6.45) is 4.34. The summed E-state index contributed by atoms with van der Waals surface area (Å²) in [6.45, 7) is 3.92. The van der Waals surface area contributed by atoms with Gasteiger partial charge in [0.15, 0.2) is 5.43 Å². The van der Waals surface area contributed by atoms with E-state index in [-0.39, 0.29) is 17.2 Å². The van der Waals surface area contributed by atoms with Crippen molar-refractivity contribution in [3.8, 4) is 22.9 Å². The second-order valence-electron chi connectivity index (χ2n) is 11.1. The number of halogens is 1. The topological polar surface area (TPSA) is 108 Å². The van der Waals surface area contributed by atoms with Crippen molar-refractivity contribution in [2.45, 2.75) is 45.1 Å². The number of rotatable bonds is 7. The zero-order valence-electron chi connectivity index (χ0n) is 23.5. The van der Waals surface area contributed by atoms with Gasteiger partial charge in [0.1, 0.15) is 11.4 Å². The quantitative estimate of drug-likeness (QED) is 0.222. The summed E-state index contributed by atoms with van der Waals surface area (Å²) in [5.74, 6) is -0.122. The smallest absolute Gasteiger partial charge is 0.358 e. The molecule has 3 aromatic carbocycles. The van der Waals surface area contributed by atoms with Gasteiger partial charge in [0.25, 0.3) is 0 Å². The van der Waals surface area contributed by atoms with E-state index in [0.29, 0.717) is 28.3 Å². The van der Waals surface area contributed by atoms with Crippen molar-refractivity contribution >= 4 is 43.3 Å². The number of unbranched alkanes of at least 4 members (excludes halogenated alkanes) is 1. The van der Waals surface area contributed by atoms with Crippen LogP contribution in [0.25, 0.3) is 44.0 Å². The number of nitrogens with zero attached hydrogens (tertiary/aromatic N) is 3. The van der Waals surface area contributed by atoms with Crippen LogP contribution in [0.3, 0.4) is 0 Å². The maximum atomic E-state index is 14.3. The lowest BCUT2D eigenvalue weighted by atomic mass is 9.92. The molecule has 42 heavy (non-hydrogen) atoms. The monoisotopic (exact) mass is 586 g/mol. The van der Waals surface area contributed by atoms with E-state index < -0.39 is 10.5 Å². The van der Waals surface area contributed by atoms with E-state index in [9.17, 15) is 22.4 Å². The Morgan fingerprint density at radius 1 is 1.10 bits per heavy atom. The van der Waals surface area contributed by atoms with Crippen LogP contribution in [0.1, 0.15) is 49.8 Å². The number of nitrogens with one attached hydrogen (secondary N) is 1. The lowest BCUT2D eigenvalue weighted by Gasteiger charge is -2.32. The van der Waals surface area contributed by atoms with Gasteiger partial charge < -0.3 is 18.6 Å². The van der Waals surface area contributed by atoms with Crippen LogP contribution >= 0.6 is 0 Å². The fraction of sp³-hybridized carbons (Fsp3) is 0.312. The number of fused-ring (bicyclic) bond motifs is 4. The Hall–Kier alpha value is -4.20. The molecule has 0 atom stereocenters. The van der Waals surface area contributed by atoms with Crippen molar-refractivity contribution in [3.05, 3.63) is 75.9 Å². The van der Waals surface area contributed by atoms with Gasteiger partial charge in [-0.2, -0.15) is 13.7 Å². The van der Waals surface area contributed by atoms with Gasteiger partial charge in [0, 0.05) is 22.3 Å². The fourth-order valence-electron chi connectivity index (χ4n) is 6.24. The summed E-state index contributed by atoms with van der Waals surface area (Å²) in [5, 5.41) is 11.5. The van der Waals surface area contributed by atoms with Gasteiger partial charge in [-0.3, -0.25) is 4.79 Å². The van der Waals surface area contributed by atoms with Crippen molar-refractivity contribution < 1.29 is 16.5 Å². The first kappa shape index (κ1) is 27.9. The Morgan fingerprint density at radius 3 is 2.60 bits per heavy atom. The largest absolute Gasteiger partial charge is 0.488 e. The number of hydrogen-bond acceptors (Lipinski definition) is 6. The summed E-state index contributed by atoms with van der Waals surface area (Å²) in [6, 6.07) is 18.0. The van der Waals surface area contributed by atoms with E-state index in [1.165, 1.54) is 12.1 Å². The number of piperidine rings is 1. The number of benzene rings is 3. The van der Waals surface area contributed by atoms with Crippen molar-refractivity contribution in [3.63, 3.8) is 0 Å². The maximum Gasteiger partial charge on any atom is 0.488 e. The number of aromatic amines is 1. The third-order valence-corrected chi connectivity index (χ3v) is 8.69. The molecule has 8 nitrogen and oxygen atoms in total. The summed E-state index contributed by atoms with van der Waals surface area (Å²) < 4.78 is 42.6. The number of aromatic nitrogens is 2. The molecule has 0 unspecified atom stereocenters. The SMILES string of the molecule is CCCCc1cc2c(=O)c3c4ccc(C#N)cc4[nH]c3n(C3CCN(C)CC3)c2cc1-c1cccc(OS(=O)(=O)F)c1. The minimum atomic E-state index is -5.18. The number of H-pyrrole nitrogens is 1. The zero-order valence-corrected chi connectivity index (χ0v) is 24.3. The van der Waals surface area contributed by atoms with E-state index in [1.807, 2.05) is 24.3 Å². The van der Waals surface area contributed by atoms with E-state index in [1.54, 1.807) is 18.2 Å². The average Bonchev–Trinajstić information content (AvgIpc) is 3.34. The van der Waals surface area contributed by atoms with Gasteiger partial charge in [0.2, 0.25) is 0 Å². The minimum Gasteiger partial charge on any atom is -0.358 e. The molecule has 0 spiro atoms. The molecule has 0 saturated carbocycles. The first-order valence-electron chi connectivity index (χ1n) is 14.2. The van der Waals surface area contributed by atoms with Crippen LogP contribution in [-0.4, -0.2) is 43.0 Å². The molecule has 1 N–H and O–H groups in total. The van der Waals surface area contributed by atoms with Crippen LogP contribution in [0.4, 0.5) is 3.89 Å². The van der Waals surface area contributed by atoms with Gasteiger partial charge in [0.05, 0.1) is 22.5 Å². The lowest BCUT2D eigenvalue weighted by molar-refractivity contribution is 0.226. The standard InChI is InChI=1S/C32H31FN4O4S/c1-3-4-6-22-17-27-29(18-26(22)21-7-5-8-24(16-21)41-42(33,39)40)37(23-11-13-36(2)14-12-23)32-30(31(27)38)25-10-9-20(19-34)15-28(25)35-32/h5,7-10,15-18,23,35H,3-4,6,11-14H2,1-2H3. The van der Waals surface area contributed by atoms with E-state index in [2.05, 4.69) is 38.7 Å². The highest BCUT2D eigenvalue weighted by Gasteiger charge is 2.25. The maximum absolute atomic E-state index is 14.3. The molecular formula is C32H31FN4O4S. The van der Waals surface area contributed by atoms with Crippen LogP contribution < -0.4 is 9.61 Å². The third kappa shape index (κ3) is 5.14. The highest BCUT2D eigenvalue weighted by Crippen LogP contribution is 2.37. The molecule has 0 bridgehead atoms. The summed E-state index contributed by atoms with van der Waals surface area (Å²) in [4.78, 5) is 20.0. The Labute approximate surface area is 243 Å². The third-order valence-electron chi connectivity index (χ3n) is 8.30. The van der Waals surface area contributed by atoms with Crippen LogP contribution in [-0.2, 0) is 16.9 Å². The molecule has 216 valence electrons.